The van der Waals surface area contributed by atoms with Crippen LogP contribution in [0.4, 0.5) is 0 Å². The fourth-order valence-corrected chi connectivity index (χ4v) is 2.20. The van der Waals surface area contributed by atoms with Crippen LogP contribution in [0.1, 0.15) is 5.56 Å². The molecule has 0 atom stereocenters. The number of alkyl halides is 1. The Balaban J connectivity index is 2.14. The van der Waals surface area contributed by atoms with Crippen molar-refractivity contribution in [2.45, 2.75) is 4.43 Å². The van der Waals surface area contributed by atoms with E-state index in [0.29, 0.717) is 0 Å². The summed E-state index contributed by atoms with van der Waals surface area (Å²) in [4.78, 5) is 0. The molecule has 0 bridgehead atoms. The predicted molar refractivity (Wildman–Crippen MR) is 78.4 cm³/mol. The molecule has 0 unspecified atom stereocenters. The smallest absolute Gasteiger partial charge is 0.128 e. The van der Waals surface area contributed by atoms with Crippen LogP contribution >= 0.6 is 38.5 Å². The molecule has 0 heterocycles. The average molecular weight is 389 g/mol. The van der Waals surface area contributed by atoms with Crippen LogP contribution in [0.2, 0.25) is 0 Å². The Morgan fingerprint density at radius 2 is 1.75 bits per heavy atom. The molecule has 0 aliphatic heterocycles. The van der Waals surface area contributed by atoms with E-state index in [0.717, 1.165) is 20.4 Å². The Hall–Kier alpha value is -0.550. The summed E-state index contributed by atoms with van der Waals surface area (Å²) in [5.41, 5.74) is 1.31. The van der Waals surface area contributed by atoms with Gasteiger partial charge in [0, 0.05) is 8.90 Å². The molecule has 3 heteroatoms. The summed E-state index contributed by atoms with van der Waals surface area (Å²) in [7, 11) is 0. The van der Waals surface area contributed by atoms with E-state index in [1.54, 1.807) is 0 Å². The van der Waals surface area contributed by atoms with Gasteiger partial charge < -0.3 is 4.74 Å². The third-order valence-corrected chi connectivity index (χ3v) is 3.48. The molecule has 2 aromatic carbocycles. The summed E-state index contributed by atoms with van der Waals surface area (Å²) in [6.45, 7) is 0. The summed E-state index contributed by atoms with van der Waals surface area (Å²) in [5, 5.41) is 0. The van der Waals surface area contributed by atoms with Gasteiger partial charge in [0.05, 0.1) is 0 Å². The molecule has 2 aromatic rings. The van der Waals surface area contributed by atoms with Crippen molar-refractivity contribution in [3.05, 3.63) is 58.6 Å². The van der Waals surface area contributed by atoms with Crippen molar-refractivity contribution < 1.29 is 4.74 Å². The molecule has 0 fully saturated rings. The van der Waals surface area contributed by atoms with E-state index in [-0.39, 0.29) is 0 Å². The lowest BCUT2D eigenvalue weighted by Crippen LogP contribution is -1.84. The molecule has 82 valence electrons. The minimum absolute atomic E-state index is 0.844. The van der Waals surface area contributed by atoms with Crippen molar-refractivity contribution in [2.24, 2.45) is 0 Å². The number of hydrogen-bond donors (Lipinski definition) is 0. The molecule has 0 aromatic heterocycles. The highest BCUT2D eigenvalue weighted by Crippen LogP contribution is 2.24. The molecule has 2 rings (SSSR count). The summed E-state index contributed by atoms with van der Waals surface area (Å²) in [6.07, 6.45) is 0. The second kappa shape index (κ2) is 5.68. The summed E-state index contributed by atoms with van der Waals surface area (Å²) in [5.74, 6) is 1.71. The molecular formula is C13H10BrIO. The number of benzene rings is 2. The highest BCUT2D eigenvalue weighted by molar-refractivity contribution is 14.1. The summed E-state index contributed by atoms with van der Waals surface area (Å²) < 4.78 is 7.77. The first-order chi connectivity index (χ1) is 7.78. The zero-order valence-corrected chi connectivity index (χ0v) is 12.2. The number of hydrogen-bond acceptors (Lipinski definition) is 1. The van der Waals surface area contributed by atoms with Gasteiger partial charge in [-0.25, -0.2) is 0 Å². The highest BCUT2D eigenvalue weighted by atomic mass is 127. The quantitative estimate of drug-likeness (QED) is 0.520. The molecule has 1 nitrogen and oxygen atoms in total. The Morgan fingerprint density at radius 1 is 1.00 bits per heavy atom. The van der Waals surface area contributed by atoms with E-state index in [1.165, 1.54) is 5.56 Å². The van der Waals surface area contributed by atoms with Gasteiger partial charge in [0.15, 0.2) is 0 Å². The fourth-order valence-electron chi connectivity index (χ4n) is 1.31. The van der Waals surface area contributed by atoms with Crippen LogP contribution in [-0.2, 0) is 4.43 Å². The van der Waals surface area contributed by atoms with Gasteiger partial charge in [0.25, 0.3) is 0 Å². The van der Waals surface area contributed by atoms with E-state index in [4.69, 9.17) is 4.74 Å². The standard InChI is InChI=1S/C13H10BrIO/c14-11-2-1-3-13(8-11)16-12-6-4-10(9-15)5-7-12/h1-8H,9H2. The number of halogens is 2. The third kappa shape index (κ3) is 3.22. The lowest BCUT2D eigenvalue weighted by atomic mass is 10.2. The molecule has 0 saturated heterocycles. The van der Waals surface area contributed by atoms with Gasteiger partial charge in [-0.3, -0.25) is 0 Å². The van der Waals surface area contributed by atoms with Crippen LogP contribution in [0, 0.1) is 0 Å². The fraction of sp³-hybridized carbons (Fsp3) is 0.0769. The Kier molecular flexibility index (Phi) is 4.23. The van der Waals surface area contributed by atoms with E-state index < -0.39 is 0 Å². The monoisotopic (exact) mass is 388 g/mol. The zero-order valence-electron chi connectivity index (χ0n) is 8.49. The van der Waals surface area contributed by atoms with Gasteiger partial charge >= 0.3 is 0 Å². The van der Waals surface area contributed by atoms with Gasteiger partial charge in [-0.15, -0.1) is 0 Å². The number of rotatable bonds is 3. The van der Waals surface area contributed by atoms with Crippen molar-refractivity contribution in [1.82, 2.24) is 0 Å². The topological polar surface area (TPSA) is 9.23 Å². The largest absolute Gasteiger partial charge is 0.457 e. The second-order valence-corrected chi connectivity index (χ2v) is 5.02. The van der Waals surface area contributed by atoms with Gasteiger partial charge in [0.1, 0.15) is 11.5 Å². The predicted octanol–water partition coefficient (Wildman–Crippen LogP) is 5.18. The molecule has 0 amide bonds. The molecular weight excluding hydrogens is 379 g/mol. The van der Waals surface area contributed by atoms with E-state index in [9.17, 15) is 0 Å². The Labute approximate surface area is 117 Å². The Morgan fingerprint density at radius 3 is 2.38 bits per heavy atom. The van der Waals surface area contributed by atoms with E-state index >= 15 is 0 Å². The minimum atomic E-state index is 0.844. The highest BCUT2D eigenvalue weighted by Gasteiger charge is 1.98. The third-order valence-electron chi connectivity index (χ3n) is 2.11. The van der Waals surface area contributed by atoms with Crippen LogP contribution < -0.4 is 4.74 Å². The first-order valence-corrected chi connectivity index (χ1v) is 7.18. The van der Waals surface area contributed by atoms with Gasteiger partial charge in [-0.1, -0.05) is 56.7 Å². The van der Waals surface area contributed by atoms with E-state index in [1.807, 2.05) is 36.4 Å². The normalized spacial score (nSPS) is 10.1. The summed E-state index contributed by atoms with van der Waals surface area (Å²) >= 11 is 5.76. The van der Waals surface area contributed by atoms with Crippen molar-refractivity contribution in [3.8, 4) is 11.5 Å². The molecule has 0 aliphatic carbocycles. The van der Waals surface area contributed by atoms with Gasteiger partial charge in [-0.2, -0.15) is 0 Å². The van der Waals surface area contributed by atoms with Gasteiger partial charge in [-0.05, 0) is 35.9 Å². The van der Waals surface area contributed by atoms with Crippen LogP contribution in [0.15, 0.2) is 53.0 Å². The second-order valence-electron chi connectivity index (χ2n) is 3.34. The SMILES string of the molecule is Brc1cccc(Oc2ccc(CI)cc2)c1. The maximum absolute atomic E-state index is 5.73. The van der Waals surface area contributed by atoms with Crippen LogP contribution in [0.5, 0.6) is 11.5 Å². The van der Waals surface area contributed by atoms with Crippen molar-refractivity contribution >= 4 is 38.5 Å². The van der Waals surface area contributed by atoms with Crippen LogP contribution in [0.25, 0.3) is 0 Å². The van der Waals surface area contributed by atoms with Crippen molar-refractivity contribution in [3.63, 3.8) is 0 Å². The Bertz CT molecular complexity index is 468. The average Bonchev–Trinajstić information content (AvgIpc) is 2.30. The molecule has 16 heavy (non-hydrogen) atoms. The first-order valence-electron chi connectivity index (χ1n) is 4.86. The molecule has 0 N–H and O–H groups in total. The van der Waals surface area contributed by atoms with Crippen molar-refractivity contribution in [2.75, 3.05) is 0 Å². The van der Waals surface area contributed by atoms with Gasteiger partial charge in [0.2, 0.25) is 0 Å². The maximum Gasteiger partial charge on any atom is 0.128 e. The first kappa shape index (κ1) is 11.9. The zero-order chi connectivity index (χ0) is 11.4. The maximum atomic E-state index is 5.73. The minimum Gasteiger partial charge on any atom is -0.457 e. The molecule has 0 spiro atoms. The molecule has 0 saturated carbocycles. The number of ether oxygens (including phenoxy) is 1. The lowest BCUT2D eigenvalue weighted by molar-refractivity contribution is 0.482. The van der Waals surface area contributed by atoms with Crippen LogP contribution in [-0.4, -0.2) is 0 Å². The van der Waals surface area contributed by atoms with Crippen LogP contribution in [0.3, 0.4) is 0 Å². The molecule has 0 radical (unpaired) electrons. The van der Waals surface area contributed by atoms with E-state index in [2.05, 4.69) is 50.7 Å². The van der Waals surface area contributed by atoms with Crippen molar-refractivity contribution in [1.29, 1.82) is 0 Å². The lowest BCUT2D eigenvalue weighted by Gasteiger charge is -2.06. The molecule has 0 aliphatic rings. The summed E-state index contributed by atoms with van der Waals surface area (Å²) in [6, 6.07) is 16.0.